The van der Waals surface area contributed by atoms with Crippen LogP contribution in [0, 0.1) is 16.0 Å². The van der Waals surface area contributed by atoms with Crippen LogP contribution in [0.15, 0.2) is 64.5 Å². The zero-order valence-electron chi connectivity index (χ0n) is 21.5. The highest BCUT2D eigenvalue weighted by atomic mass is 32.2. The molecule has 4 rings (SSSR count). The highest BCUT2D eigenvalue weighted by molar-refractivity contribution is 8.23. The van der Waals surface area contributed by atoms with Crippen LogP contribution >= 0.6 is 23.5 Å². The highest BCUT2D eigenvalue weighted by Crippen LogP contribution is 2.62. The van der Waals surface area contributed by atoms with Gasteiger partial charge in [0.2, 0.25) is 11.8 Å². The van der Waals surface area contributed by atoms with Gasteiger partial charge in [-0.3, -0.25) is 24.6 Å². The van der Waals surface area contributed by atoms with Crippen LogP contribution in [0.4, 0.5) is 5.69 Å². The third kappa shape index (κ3) is 5.68. The Balaban J connectivity index is 1.52. The number of non-ortho nitro benzene ring substituents is 1. The predicted molar refractivity (Wildman–Crippen MR) is 148 cm³/mol. The first-order valence-corrected chi connectivity index (χ1v) is 14.2. The molecule has 39 heavy (non-hydrogen) atoms. The molecule has 0 saturated carbocycles. The number of β-lactam (4-membered cyclic amide) rings is 1. The number of hydrogen-bond acceptors (Lipinski definition) is 8. The molecule has 10 nitrogen and oxygen atoms in total. The first-order chi connectivity index (χ1) is 18.6. The molecule has 1 saturated heterocycles. The summed E-state index contributed by atoms with van der Waals surface area (Å²) in [5, 5.41) is 31.8. The number of nitrogens with zero attached hydrogens (tertiary/aromatic N) is 3. The van der Waals surface area contributed by atoms with Crippen LogP contribution in [0.1, 0.15) is 30.9 Å². The summed E-state index contributed by atoms with van der Waals surface area (Å²) in [6.07, 6.45) is -0.301. The Morgan fingerprint density at radius 3 is 2.44 bits per heavy atom. The number of rotatable bonds is 12. The first-order valence-electron chi connectivity index (χ1n) is 12.4. The zero-order chi connectivity index (χ0) is 28.3. The molecule has 0 bridgehead atoms. The topological polar surface area (TPSA) is 141 Å². The van der Waals surface area contributed by atoms with Gasteiger partial charge in [0.1, 0.15) is 4.87 Å². The minimum absolute atomic E-state index is 0.0792. The van der Waals surface area contributed by atoms with E-state index in [1.807, 2.05) is 30.3 Å². The van der Waals surface area contributed by atoms with Gasteiger partial charge >= 0.3 is 5.97 Å². The second-order valence-electron chi connectivity index (χ2n) is 9.45. The van der Waals surface area contributed by atoms with E-state index in [0.717, 1.165) is 5.56 Å². The second kappa shape index (κ2) is 11.8. The lowest BCUT2D eigenvalue weighted by Gasteiger charge is -2.54. The van der Waals surface area contributed by atoms with Crippen LogP contribution in [-0.4, -0.2) is 66.5 Å². The number of carbonyl (C=O) groups is 3. The van der Waals surface area contributed by atoms with E-state index in [-0.39, 0.29) is 30.1 Å². The number of thioether (sulfide) groups is 2. The van der Waals surface area contributed by atoms with Crippen molar-refractivity contribution in [1.82, 2.24) is 9.80 Å². The van der Waals surface area contributed by atoms with Gasteiger partial charge in [-0.1, -0.05) is 61.2 Å². The summed E-state index contributed by atoms with van der Waals surface area (Å²) in [5.74, 6) is -2.35. The van der Waals surface area contributed by atoms with E-state index in [4.69, 9.17) is 0 Å². The Morgan fingerprint density at radius 2 is 1.85 bits per heavy atom. The van der Waals surface area contributed by atoms with E-state index < -0.39 is 33.7 Å². The van der Waals surface area contributed by atoms with Crippen molar-refractivity contribution in [2.45, 2.75) is 43.7 Å². The van der Waals surface area contributed by atoms with E-state index >= 15 is 0 Å². The number of benzene rings is 2. The molecule has 3 atom stereocenters. The summed E-state index contributed by atoms with van der Waals surface area (Å²) >= 11 is 2.42. The van der Waals surface area contributed by atoms with E-state index in [2.05, 4.69) is 0 Å². The van der Waals surface area contributed by atoms with Gasteiger partial charge < -0.3 is 15.1 Å². The van der Waals surface area contributed by atoms with E-state index in [0.29, 0.717) is 28.5 Å². The van der Waals surface area contributed by atoms with Gasteiger partial charge in [0.25, 0.3) is 5.69 Å². The molecule has 2 aliphatic rings. The fraction of sp³-hybridized carbons (Fsp3) is 0.370. The average molecular weight is 572 g/mol. The molecule has 2 aromatic carbocycles. The number of nitro benzene ring substituents is 1. The number of carbonyl (C=O) groups excluding carboxylic acids is 2. The number of nitro groups is 1. The van der Waals surface area contributed by atoms with Crippen LogP contribution < -0.4 is 0 Å². The Hall–Kier alpha value is -3.35. The molecule has 0 unspecified atom stereocenters. The van der Waals surface area contributed by atoms with Crippen molar-refractivity contribution < 1.29 is 29.5 Å². The second-order valence-corrected chi connectivity index (χ2v) is 12.1. The number of amides is 2. The van der Waals surface area contributed by atoms with Crippen LogP contribution in [-0.2, 0) is 27.3 Å². The number of aliphatic hydroxyl groups excluding tert-OH is 1. The van der Waals surface area contributed by atoms with Crippen LogP contribution in [0.2, 0.25) is 0 Å². The number of aliphatic hydroxyl groups is 1. The fourth-order valence-corrected chi connectivity index (χ4v) is 8.09. The van der Waals surface area contributed by atoms with E-state index in [1.165, 1.54) is 40.6 Å². The first kappa shape index (κ1) is 28.7. The molecule has 0 spiro atoms. The van der Waals surface area contributed by atoms with Gasteiger partial charge in [-0.25, -0.2) is 4.79 Å². The molecule has 2 aliphatic heterocycles. The Kier molecular flexibility index (Phi) is 8.67. The minimum atomic E-state index is -1.26. The van der Waals surface area contributed by atoms with E-state index in [1.54, 1.807) is 31.0 Å². The van der Waals surface area contributed by atoms with Gasteiger partial charge in [0.05, 0.1) is 21.2 Å². The number of fused-ring (bicyclic) bond motifs is 1. The third-order valence-electron chi connectivity index (χ3n) is 6.88. The van der Waals surface area contributed by atoms with E-state index in [9.17, 15) is 34.7 Å². The normalized spacial score (nSPS) is 20.8. The molecule has 0 aliphatic carbocycles. The van der Waals surface area contributed by atoms with Crippen molar-refractivity contribution in [3.8, 4) is 0 Å². The Labute approximate surface area is 234 Å². The number of hydrogen-bond donors (Lipinski definition) is 2. The molecule has 12 heteroatoms. The molecular formula is C27H29N3O7S2. The summed E-state index contributed by atoms with van der Waals surface area (Å²) < 4.78 is 0.405. The average Bonchev–Trinajstić information content (AvgIpc) is 3.19. The quantitative estimate of drug-likeness (QED) is 0.221. The van der Waals surface area contributed by atoms with Crippen LogP contribution in [0.3, 0.4) is 0 Å². The summed E-state index contributed by atoms with van der Waals surface area (Å²) in [7, 11) is 1.72. The number of carboxylic acids is 1. The minimum Gasteiger partial charge on any atom is -0.477 e. The summed E-state index contributed by atoms with van der Waals surface area (Å²) in [5.41, 5.74) is 1.44. The number of carboxylic acid groups (broad SMARTS) is 1. The molecule has 1 fully saturated rings. The predicted octanol–water partition coefficient (Wildman–Crippen LogP) is 3.85. The van der Waals surface area contributed by atoms with Crippen molar-refractivity contribution in [2.75, 3.05) is 12.8 Å². The van der Waals surface area contributed by atoms with Crippen molar-refractivity contribution in [3.63, 3.8) is 0 Å². The summed E-state index contributed by atoms with van der Waals surface area (Å²) in [6, 6.07) is 15.5. The highest BCUT2D eigenvalue weighted by Gasteiger charge is 2.68. The largest absolute Gasteiger partial charge is 0.477 e. The maximum atomic E-state index is 13.2. The molecule has 2 heterocycles. The van der Waals surface area contributed by atoms with Gasteiger partial charge in [-0.15, -0.1) is 11.8 Å². The van der Waals surface area contributed by atoms with Gasteiger partial charge in [-0.05, 0) is 17.5 Å². The van der Waals surface area contributed by atoms with Crippen LogP contribution in [0.5, 0.6) is 0 Å². The fourth-order valence-electron chi connectivity index (χ4n) is 4.90. The molecule has 0 radical (unpaired) electrons. The molecule has 206 valence electrons. The molecular weight excluding hydrogens is 542 g/mol. The van der Waals surface area contributed by atoms with Gasteiger partial charge in [-0.2, -0.15) is 0 Å². The Morgan fingerprint density at radius 1 is 1.18 bits per heavy atom. The van der Waals surface area contributed by atoms with Gasteiger partial charge in [0, 0.05) is 44.3 Å². The molecule has 0 aromatic heterocycles. The van der Waals surface area contributed by atoms with Crippen molar-refractivity contribution in [2.24, 2.45) is 5.92 Å². The molecule has 2 amide bonds. The summed E-state index contributed by atoms with van der Waals surface area (Å²) in [6.45, 7) is 2.21. The van der Waals surface area contributed by atoms with Crippen LogP contribution in [0.25, 0.3) is 0 Å². The monoisotopic (exact) mass is 571 g/mol. The van der Waals surface area contributed by atoms with Crippen molar-refractivity contribution in [1.29, 1.82) is 0 Å². The standard InChI is InChI=1S/C27H29N3O7S2/c1-3-20(31)22-24(33)29-23(25(34)35)26(38-14-13-21(32)28(2)16-18-7-5-4-6-8-18)39-27(22,29)15-17-9-11-19(12-10-17)30(36)37/h4-12,20,22,31H,3,13-16H2,1-2H3,(H,34,35)/t20-,22+,27+/m0/s1. The number of aliphatic carboxylic acids is 1. The zero-order valence-corrected chi connectivity index (χ0v) is 23.1. The molecule has 2 N–H and O–H groups in total. The maximum Gasteiger partial charge on any atom is 0.354 e. The lowest BCUT2D eigenvalue weighted by molar-refractivity contribution is -0.384. The molecule has 2 aromatic rings. The lowest BCUT2D eigenvalue weighted by atomic mass is 9.77. The maximum absolute atomic E-state index is 13.2. The smallest absolute Gasteiger partial charge is 0.354 e. The lowest BCUT2D eigenvalue weighted by Crippen LogP contribution is -2.71. The third-order valence-corrected chi connectivity index (χ3v) is 9.67. The van der Waals surface area contributed by atoms with Crippen molar-refractivity contribution >= 4 is 47.0 Å². The SMILES string of the molecule is CC[C@H](O)[C@@H]1C(=O)N2C(C(=O)O)=C(SCCC(=O)N(C)Cc3ccccc3)S[C@]12Cc1ccc([N+](=O)[O-])cc1. The van der Waals surface area contributed by atoms with Crippen molar-refractivity contribution in [3.05, 3.63) is 85.8 Å². The van der Waals surface area contributed by atoms with Gasteiger partial charge in [0.15, 0.2) is 5.70 Å². The summed E-state index contributed by atoms with van der Waals surface area (Å²) in [4.78, 5) is 50.6. The Bertz CT molecular complexity index is 1300.